The highest BCUT2D eigenvalue weighted by molar-refractivity contribution is 8.74. The van der Waals surface area contributed by atoms with Crippen molar-refractivity contribution < 1.29 is 4.79 Å². The molecule has 0 aromatic heterocycles. The number of nitrogens with one attached hydrogen (secondary N) is 1. The summed E-state index contributed by atoms with van der Waals surface area (Å²) in [5, 5.41) is 2.62. The van der Waals surface area contributed by atoms with Gasteiger partial charge in [0.15, 0.2) is 0 Å². The highest BCUT2D eigenvalue weighted by Crippen LogP contribution is 2.04. The van der Waals surface area contributed by atoms with Crippen LogP contribution in [0.25, 0.3) is 0 Å². The van der Waals surface area contributed by atoms with Crippen LogP contribution in [0.1, 0.15) is 19.3 Å². The molecule has 66 valence electrons. The van der Waals surface area contributed by atoms with E-state index in [4.69, 9.17) is 5.73 Å². The minimum atomic E-state index is -0.0823. The monoisotopic (exact) mass is 194 g/mol. The van der Waals surface area contributed by atoms with E-state index in [0.717, 1.165) is 43.1 Å². The summed E-state index contributed by atoms with van der Waals surface area (Å²) in [7, 11) is 0.908. The third-order valence-corrected chi connectivity index (χ3v) is 2.04. The SMILES string of the molecule is NCCCCCNC(=O)SS. The number of thiol groups is 1. The Hall–Kier alpha value is 0.130. The number of carbonyl (C=O) groups is 1. The average molecular weight is 194 g/mol. The molecule has 11 heavy (non-hydrogen) atoms. The Bertz CT molecular complexity index is 111. The van der Waals surface area contributed by atoms with Gasteiger partial charge in [0.25, 0.3) is 5.24 Å². The number of hydrogen-bond donors (Lipinski definition) is 3. The number of carbonyl (C=O) groups excluding carboxylic acids is 1. The Morgan fingerprint density at radius 2 is 2.18 bits per heavy atom. The van der Waals surface area contributed by atoms with E-state index in [0.29, 0.717) is 0 Å². The number of unbranched alkanes of at least 4 members (excludes halogenated alkanes) is 2. The fraction of sp³-hybridized carbons (Fsp3) is 0.833. The van der Waals surface area contributed by atoms with Gasteiger partial charge in [0.1, 0.15) is 0 Å². The third kappa shape index (κ3) is 8.03. The van der Waals surface area contributed by atoms with Crippen LogP contribution in [-0.4, -0.2) is 18.3 Å². The van der Waals surface area contributed by atoms with E-state index in [1.54, 1.807) is 0 Å². The molecule has 0 aliphatic heterocycles. The molecule has 0 radical (unpaired) electrons. The zero-order valence-electron chi connectivity index (χ0n) is 6.38. The number of hydrogen-bond acceptors (Lipinski definition) is 4. The highest BCUT2D eigenvalue weighted by Gasteiger charge is 1.95. The number of amides is 1. The highest BCUT2D eigenvalue weighted by atomic mass is 33.1. The van der Waals surface area contributed by atoms with Gasteiger partial charge in [0.05, 0.1) is 0 Å². The summed E-state index contributed by atoms with van der Waals surface area (Å²) in [6, 6.07) is 0. The minimum absolute atomic E-state index is 0.0823. The average Bonchev–Trinajstić information content (AvgIpc) is 2.04. The molecule has 0 aliphatic rings. The molecule has 0 atom stereocenters. The molecule has 5 heteroatoms. The largest absolute Gasteiger partial charge is 0.346 e. The molecule has 0 bridgehead atoms. The zero-order valence-corrected chi connectivity index (χ0v) is 8.09. The van der Waals surface area contributed by atoms with Gasteiger partial charge in [-0.3, -0.25) is 4.79 Å². The Morgan fingerprint density at radius 3 is 2.73 bits per heavy atom. The van der Waals surface area contributed by atoms with Gasteiger partial charge in [-0.25, -0.2) is 0 Å². The first kappa shape index (κ1) is 11.1. The van der Waals surface area contributed by atoms with Gasteiger partial charge in [-0.2, -0.15) is 0 Å². The van der Waals surface area contributed by atoms with E-state index in [1.807, 2.05) is 0 Å². The molecule has 3 nitrogen and oxygen atoms in total. The first-order chi connectivity index (χ1) is 5.31. The Balaban J connectivity index is 2.95. The lowest BCUT2D eigenvalue weighted by molar-refractivity contribution is 0.261. The summed E-state index contributed by atoms with van der Waals surface area (Å²) in [6.07, 6.45) is 3.11. The van der Waals surface area contributed by atoms with Gasteiger partial charge in [-0.1, -0.05) is 6.42 Å². The van der Waals surface area contributed by atoms with E-state index in [1.165, 1.54) is 0 Å². The van der Waals surface area contributed by atoms with Crippen LogP contribution in [-0.2, 0) is 0 Å². The lowest BCUT2D eigenvalue weighted by atomic mass is 10.2. The van der Waals surface area contributed by atoms with Crippen LogP contribution in [0.3, 0.4) is 0 Å². The van der Waals surface area contributed by atoms with Crippen LogP contribution in [0.4, 0.5) is 4.79 Å². The standard InChI is InChI=1S/C6H14N2OS2/c7-4-2-1-3-5-8-6(9)11-10/h10H,1-5,7H2,(H,8,9). The van der Waals surface area contributed by atoms with E-state index >= 15 is 0 Å². The van der Waals surface area contributed by atoms with Crippen LogP contribution in [0, 0.1) is 0 Å². The first-order valence-corrected chi connectivity index (χ1v) is 5.47. The molecular weight excluding hydrogens is 180 g/mol. The van der Waals surface area contributed by atoms with Crippen molar-refractivity contribution in [2.75, 3.05) is 13.1 Å². The second-order valence-electron chi connectivity index (χ2n) is 2.15. The van der Waals surface area contributed by atoms with E-state index in [-0.39, 0.29) is 5.24 Å². The van der Waals surface area contributed by atoms with Crippen molar-refractivity contribution in [3.63, 3.8) is 0 Å². The van der Waals surface area contributed by atoms with Gasteiger partial charge >= 0.3 is 0 Å². The van der Waals surface area contributed by atoms with Crippen molar-refractivity contribution in [1.82, 2.24) is 5.32 Å². The Kier molecular flexibility index (Phi) is 8.33. The molecule has 0 rings (SSSR count). The summed E-state index contributed by atoms with van der Waals surface area (Å²) in [5.41, 5.74) is 5.29. The van der Waals surface area contributed by atoms with E-state index in [2.05, 4.69) is 17.0 Å². The fourth-order valence-electron chi connectivity index (χ4n) is 0.669. The topological polar surface area (TPSA) is 55.1 Å². The molecule has 1 amide bonds. The van der Waals surface area contributed by atoms with Crippen molar-refractivity contribution in [2.45, 2.75) is 19.3 Å². The molecule has 0 aromatic carbocycles. The van der Waals surface area contributed by atoms with Crippen LogP contribution in [0.2, 0.25) is 0 Å². The van der Waals surface area contributed by atoms with Gasteiger partial charge in [0.2, 0.25) is 0 Å². The maximum atomic E-state index is 10.6. The smallest absolute Gasteiger partial charge is 0.289 e. The second-order valence-corrected chi connectivity index (χ2v) is 3.26. The summed E-state index contributed by atoms with van der Waals surface area (Å²) < 4.78 is 0. The van der Waals surface area contributed by atoms with Crippen LogP contribution < -0.4 is 11.1 Å². The van der Waals surface area contributed by atoms with Crippen molar-refractivity contribution in [3.05, 3.63) is 0 Å². The van der Waals surface area contributed by atoms with E-state index < -0.39 is 0 Å². The van der Waals surface area contributed by atoms with Gasteiger partial charge in [-0.05, 0) is 19.4 Å². The Morgan fingerprint density at radius 1 is 1.45 bits per heavy atom. The van der Waals surface area contributed by atoms with Crippen molar-refractivity contribution in [3.8, 4) is 0 Å². The number of rotatable bonds is 5. The van der Waals surface area contributed by atoms with Gasteiger partial charge in [-0.15, -0.1) is 11.7 Å². The van der Waals surface area contributed by atoms with Crippen molar-refractivity contribution >= 4 is 27.7 Å². The summed E-state index contributed by atoms with van der Waals surface area (Å²) in [6.45, 7) is 1.46. The first-order valence-electron chi connectivity index (χ1n) is 3.60. The maximum absolute atomic E-state index is 10.6. The fourth-order valence-corrected chi connectivity index (χ4v) is 1.03. The molecule has 0 spiro atoms. The lowest BCUT2D eigenvalue weighted by Gasteiger charge is -2.00. The summed E-state index contributed by atoms with van der Waals surface area (Å²) in [4.78, 5) is 10.6. The Labute approximate surface area is 76.3 Å². The molecule has 3 N–H and O–H groups in total. The summed E-state index contributed by atoms with van der Waals surface area (Å²) in [5.74, 6) is 0. The molecule has 0 heterocycles. The molecule has 0 saturated heterocycles. The molecule has 0 aromatic rings. The van der Waals surface area contributed by atoms with Crippen molar-refractivity contribution in [2.24, 2.45) is 5.73 Å². The third-order valence-electron chi connectivity index (χ3n) is 1.23. The summed E-state index contributed by atoms with van der Waals surface area (Å²) >= 11 is 3.74. The van der Waals surface area contributed by atoms with Crippen LogP contribution in [0.15, 0.2) is 0 Å². The predicted molar refractivity (Wildman–Crippen MR) is 52.9 cm³/mol. The lowest BCUT2D eigenvalue weighted by Crippen LogP contribution is -2.18. The van der Waals surface area contributed by atoms with Crippen LogP contribution >= 0.6 is 22.5 Å². The molecule has 0 saturated carbocycles. The molecule has 0 unspecified atom stereocenters. The minimum Gasteiger partial charge on any atom is -0.346 e. The second kappa shape index (κ2) is 8.23. The quantitative estimate of drug-likeness (QED) is 0.352. The molecule has 0 aliphatic carbocycles. The zero-order chi connectivity index (χ0) is 8.53. The maximum Gasteiger partial charge on any atom is 0.289 e. The molecular formula is C6H14N2OS2. The van der Waals surface area contributed by atoms with Gasteiger partial charge in [0, 0.05) is 17.3 Å². The van der Waals surface area contributed by atoms with Crippen molar-refractivity contribution in [1.29, 1.82) is 0 Å². The van der Waals surface area contributed by atoms with Gasteiger partial charge < -0.3 is 11.1 Å². The molecule has 0 fully saturated rings. The van der Waals surface area contributed by atoms with E-state index in [9.17, 15) is 4.79 Å². The normalized spacial score (nSPS) is 9.64. The van der Waals surface area contributed by atoms with Crippen LogP contribution in [0.5, 0.6) is 0 Å². The number of nitrogens with two attached hydrogens (primary N) is 1. The predicted octanol–water partition coefficient (Wildman–Crippen LogP) is 1.40.